The molecule has 0 aliphatic heterocycles. The van der Waals surface area contributed by atoms with E-state index in [9.17, 15) is 0 Å². The van der Waals surface area contributed by atoms with E-state index in [1.54, 1.807) is 25.5 Å². The predicted molar refractivity (Wildman–Crippen MR) is 76.9 cm³/mol. The Bertz CT molecular complexity index is 543. The summed E-state index contributed by atoms with van der Waals surface area (Å²) in [5.74, 6) is 1.93. The Hall–Kier alpha value is -1.89. The topological polar surface area (TPSA) is 72.0 Å². The highest BCUT2D eigenvalue weighted by Crippen LogP contribution is 2.28. The molecule has 2 heterocycles. The van der Waals surface area contributed by atoms with E-state index in [4.69, 9.17) is 4.74 Å². The van der Waals surface area contributed by atoms with Crippen molar-refractivity contribution in [2.45, 2.75) is 19.9 Å². The van der Waals surface area contributed by atoms with Gasteiger partial charge in [-0.25, -0.2) is 15.0 Å². The smallest absolute Gasteiger partial charge is 0.204 e. The van der Waals surface area contributed by atoms with Gasteiger partial charge in [-0.2, -0.15) is 0 Å². The third-order valence-electron chi connectivity index (χ3n) is 2.60. The van der Waals surface area contributed by atoms with Crippen LogP contribution in [0.25, 0.3) is 0 Å². The van der Waals surface area contributed by atoms with E-state index in [1.165, 1.54) is 11.2 Å². The van der Waals surface area contributed by atoms with Crippen LogP contribution < -0.4 is 15.4 Å². The Labute approximate surface area is 116 Å². The first-order valence-electron chi connectivity index (χ1n) is 6.02. The van der Waals surface area contributed by atoms with Crippen LogP contribution in [0.1, 0.15) is 16.8 Å². The summed E-state index contributed by atoms with van der Waals surface area (Å²) in [6.45, 7) is 2.75. The molecule has 19 heavy (non-hydrogen) atoms. The Morgan fingerprint density at radius 3 is 2.68 bits per heavy atom. The van der Waals surface area contributed by atoms with Gasteiger partial charge in [0.2, 0.25) is 5.75 Å². The average molecular weight is 279 g/mol. The van der Waals surface area contributed by atoms with Crippen molar-refractivity contribution in [3.05, 3.63) is 22.4 Å². The summed E-state index contributed by atoms with van der Waals surface area (Å²) in [4.78, 5) is 13.9. The molecule has 2 N–H and O–H groups in total. The summed E-state index contributed by atoms with van der Waals surface area (Å²) in [5.41, 5.74) is 0. The highest BCUT2D eigenvalue weighted by atomic mass is 32.1. The van der Waals surface area contributed by atoms with Crippen molar-refractivity contribution in [1.29, 1.82) is 0 Å². The van der Waals surface area contributed by atoms with Crippen LogP contribution in [0.5, 0.6) is 5.75 Å². The molecule has 0 fully saturated rings. The minimum Gasteiger partial charge on any atom is -0.490 e. The van der Waals surface area contributed by atoms with Crippen molar-refractivity contribution in [2.75, 3.05) is 24.8 Å². The third-order valence-corrected chi connectivity index (χ3v) is 3.74. The summed E-state index contributed by atoms with van der Waals surface area (Å²) in [7, 11) is 3.40. The zero-order valence-electron chi connectivity index (χ0n) is 11.2. The summed E-state index contributed by atoms with van der Waals surface area (Å²) in [5, 5.41) is 7.22. The Balaban J connectivity index is 2.10. The van der Waals surface area contributed by atoms with Crippen molar-refractivity contribution in [2.24, 2.45) is 0 Å². The van der Waals surface area contributed by atoms with Gasteiger partial charge in [0.05, 0.1) is 13.7 Å². The lowest BCUT2D eigenvalue weighted by Crippen LogP contribution is -2.06. The molecular weight excluding hydrogens is 262 g/mol. The van der Waals surface area contributed by atoms with Crippen molar-refractivity contribution in [3.63, 3.8) is 0 Å². The molecular formula is C12H17N5OS. The molecule has 2 aromatic heterocycles. The van der Waals surface area contributed by atoms with Crippen LogP contribution in [0.2, 0.25) is 0 Å². The molecule has 0 saturated carbocycles. The quantitative estimate of drug-likeness (QED) is 0.844. The number of hydrogen-bond acceptors (Lipinski definition) is 7. The molecule has 0 amide bonds. The predicted octanol–water partition coefficient (Wildman–Crippen LogP) is 2.16. The number of nitrogens with one attached hydrogen (secondary N) is 2. The van der Waals surface area contributed by atoms with E-state index in [2.05, 4.69) is 32.5 Å². The number of hydrogen-bond donors (Lipinski definition) is 2. The van der Waals surface area contributed by atoms with Gasteiger partial charge < -0.3 is 15.4 Å². The van der Waals surface area contributed by atoms with Crippen molar-refractivity contribution >= 4 is 23.0 Å². The van der Waals surface area contributed by atoms with Gasteiger partial charge in [-0.15, -0.1) is 11.3 Å². The number of anilines is 2. The van der Waals surface area contributed by atoms with Gasteiger partial charge in [0.1, 0.15) is 11.3 Å². The van der Waals surface area contributed by atoms with Crippen molar-refractivity contribution in [1.82, 2.24) is 15.0 Å². The van der Waals surface area contributed by atoms with E-state index in [1.807, 2.05) is 6.20 Å². The molecule has 2 rings (SSSR count). The number of methoxy groups -OCH3 is 1. The lowest BCUT2D eigenvalue weighted by atomic mass is 10.4. The maximum absolute atomic E-state index is 5.32. The average Bonchev–Trinajstić information content (AvgIpc) is 2.92. The summed E-state index contributed by atoms with van der Waals surface area (Å²) >= 11 is 1.70. The summed E-state index contributed by atoms with van der Waals surface area (Å²) in [6.07, 6.45) is 4.42. The van der Waals surface area contributed by atoms with Crippen molar-refractivity contribution in [3.8, 4) is 5.75 Å². The fourth-order valence-electron chi connectivity index (χ4n) is 1.62. The molecule has 6 nitrogen and oxygen atoms in total. The van der Waals surface area contributed by atoms with E-state index in [-0.39, 0.29) is 0 Å². The highest BCUT2D eigenvalue weighted by Gasteiger charge is 2.11. The van der Waals surface area contributed by atoms with Crippen LogP contribution in [0.15, 0.2) is 12.5 Å². The Morgan fingerprint density at radius 1 is 1.26 bits per heavy atom. The lowest BCUT2D eigenvalue weighted by molar-refractivity contribution is 0.415. The summed E-state index contributed by atoms with van der Waals surface area (Å²) < 4.78 is 5.32. The number of aryl methyl sites for hydroxylation is 1. The molecule has 0 spiro atoms. The molecule has 102 valence electrons. The van der Waals surface area contributed by atoms with E-state index in [0.29, 0.717) is 23.9 Å². The molecule has 0 bridgehead atoms. The van der Waals surface area contributed by atoms with Crippen LogP contribution in [0.4, 0.5) is 11.6 Å². The van der Waals surface area contributed by atoms with Crippen molar-refractivity contribution < 1.29 is 4.74 Å². The normalized spacial score (nSPS) is 10.3. The third kappa shape index (κ3) is 3.11. The molecule has 2 aromatic rings. The number of thiazole rings is 1. The molecule has 0 radical (unpaired) electrons. The van der Waals surface area contributed by atoms with Crippen LogP contribution in [-0.4, -0.2) is 29.1 Å². The number of nitrogens with zero attached hydrogens (tertiary/aromatic N) is 3. The first kappa shape index (κ1) is 13.5. The molecule has 0 atom stereocenters. The fraction of sp³-hybridized carbons (Fsp3) is 0.417. The standard InChI is InChI=1S/C12H17N5OS/c1-4-8-5-14-9(19-8)6-15-12-10(18-3)11(13-2)16-7-17-12/h5,7H,4,6H2,1-3H3,(H2,13,15,16,17). The van der Waals surface area contributed by atoms with Crippen LogP contribution in [-0.2, 0) is 13.0 Å². The first-order valence-corrected chi connectivity index (χ1v) is 6.84. The van der Waals surface area contributed by atoms with E-state index >= 15 is 0 Å². The second-order valence-electron chi connectivity index (χ2n) is 3.78. The first-order chi connectivity index (χ1) is 9.28. The van der Waals surface area contributed by atoms with E-state index in [0.717, 1.165) is 11.4 Å². The Kier molecular flexibility index (Phi) is 4.51. The van der Waals surface area contributed by atoms with Crippen LogP contribution in [0.3, 0.4) is 0 Å². The molecule has 0 saturated heterocycles. The number of ether oxygens (including phenoxy) is 1. The largest absolute Gasteiger partial charge is 0.490 e. The fourth-order valence-corrected chi connectivity index (χ4v) is 2.43. The van der Waals surface area contributed by atoms with Gasteiger partial charge in [-0.3, -0.25) is 0 Å². The highest BCUT2D eigenvalue weighted by molar-refractivity contribution is 7.11. The van der Waals surface area contributed by atoms with Gasteiger partial charge in [-0.05, 0) is 6.42 Å². The van der Waals surface area contributed by atoms with Gasteiger partial charge in [0.15, 0.2) is 11.6 Å². The van der Waals surface area contributed by atoms with Gasteiger partial charge >= 0.3 is 0 Å². The van der Waals surface area contributed by atoms with E-state index < -0.39 is 0 Å². The Morgan fingerprint density at radius 2 is 2.05 bits per heavy atom. The zero-order chi connectivity index (χ0) is 13.7. The monoisotopic (exact) mass is 279 g/mol. The lowest BCUT2D eigenvalue weighted by Gasteiger charge is -2.11. The second-order valence-corrected chi connectivity index (χ2v) is 4.98. The van der Waals surface area contributed by atoms with Gasteiger partial charge in [0.25, 0.3) is 0 Å². The molecule has 0 aliphatic carbocycles. The minimum atomic E-state index is 0.609. The van der Waals surface area contributed by atoms with Crippen LogP contribution >= 0.6 is 11.3 Å². The number of aromatic nitrogens is 3. The minimum absolute atomic E-state index is 0.609. The van der Waals surface area contributed by atoms with Gasteiger partial charge in [0, 0.05) is 18.1 Å². The summed E-state index contributed by atoms with van der Waals surface area (Å²) in [6, 6.07) is 0. The molecule has 7 heteroatoms. The molecule has 0 aliphatic rings. The second kappa shape index (κ2) is 6.33. The van der Waals surface area contributed by atoms with Gasteiger partial charge in [-0.1, -0.05) is 6.92 Å². The molecule has 0 aromatic carbocycles. The molecule has 0 unspecified atom stereocenters. The SMILES string of the molecule is CCc1cnc(CNc2ncnc(NC)c2OC)s1. The zero-order valence-corrected chi connectivity index (χ0v) is 12.0. The maximum atomic E-state index is 5.32. The van der Waals surface area contributed by atoms with Crippen LogP contribution in [0, 0.1) is 0 Å². The maximum Gasteiger partial charge on any atom is 0.204 e. The number of rotatable bonds is 6.